The minimum absolute atomic E-state index is 0.0700. The Kier molecular flexibility index (Phi) is 3.88. The van der Waals surface area contributed by atoms with Crippen LogP contribution in [-0.2, 0) is 5.33 Å². The zero-order chi connectivity index (χ0) is 10.0. The lowest BCUT2D eigenvalue weighted by molar-refractivity contribution is 0.151. The van der Waals surface area contributed by atoms with Crippen LogP contribution in [0, 0.1) is 0 Å². The summed E-state index contributed by atoms with van der Waals surface area (Å²) in [6, 6.07) is 0. The number of hydrogen-bond donors (Lipinski definition) is 0. The van der Waals surface area contributed by atoms with Crippen molar-refractivity contribution in [3.8, 4) is 0 Å². The molecule has 1 nitrogen and oxygen atoms in total. The first-order chi connectivity index (χ1) is 6.07. The van der Waals surface area contributed by atoms with Gasteiger partial charge in [0.25, 0.3) is 6.43 Å². The number of rotatable bonds is 2. The molecule has 0 bridgehead atoms. The second-order valence-corrected chi connectivity index (χ2v) is 3.56. The van der Waals surface area contributed by atoms with Crippen LogP contribution in [0.15, 0.2) is 6.20 Å². The van der Waals surface area contributed by atoms with E-state index in [-0.39, 0.29) is 15.6 Å². The minimum Gasteiger partial charge on any atom is -0.257 e. The Morgan fingerprint density at radius 2 is 2.08 bits per heavy atom. The molecule has 1 aromatic rings. The minimum atomic E-state index is -2.68. The molecule has 0 N–H and O–H groups in total. The van der Waals surface area contributed by atoms with Crippen molar-refractivity contribution in [1.82, 2.24) is 4.98 Å². The highest BCUT2D eigenvalue weighted by molar-refractivity contribution is 9.08. The van der Waals surface area contributed by atoms with Gasteiger partial charge in [0.1, 0.15) is 0 Å². The number of nitrogens with zero attached hydrogens (tertiary/aromatic N) is 1. The maximum atomic E-state index is 12.4. The Labute approximate surface area is 92.2 Å². The van der Waals surface area contributed by atoms with Crippen LogP contribution < -0.4 is 0 Å². The fourth-order valence-corrected chi connectivity index (χ4v) is 1.97. The van der Waals surface area contributed by atoms with Gasteiger partial charge in [0.2, 0.25) is 0 Å². The zero-order valence-electron chi connectivity index (χ0n) is 6.20. The molecule has 0 fully saturated rings. The smallest absolute Gasteiger partial charge is 0.257 e. The summed E-state index contributed by atoms with van der Waals surface area (Å²) in [5.41, 5.74) is 0.00847. The van der Waals surface area contributed by atoms with Gasteiger partial charge in [-0.25, -0.2) is 8.78 Å². The molecule has 0 amide bonds. The molecule has 0 spiro atoms. The predicted molar refractivity (Wildman–Crippen MR) is 51.8 cm³/mol. The first-order valence-corrected chi connectivity index (χ1v) is 5.12. The topological polar surface area (TPSA) is 12.9 Å². The van der Waals surface area contributed by atoms with Gasteiger partial charge >= 0.3 is 0 Å². The van der Waals surface area contributed by atoms with Crippen LogP contribution in [0.5, 0.6) is 0 Å². The van der Waals surface area contributed by atoms with E-state index in [0.717, 1.165) is 0 Å². The van der Waals surface area contributed by atoms with Crippen molar-refractivity contribution in [3.05, 3.63) is 27.5 Å². The first-order valence-electron chi connectivity index (χ1n) is 3.24. The first kappa shape index (κ1) is 11.1. The number of hydrogen-bond acceptors (Lipinski definition) is 1. The van der Waals surface area contributed by atoms with Crippen LogP contribution in [-0.4, -0.2) is 4.98 Å². The van der Waals surface area contributed by atoms with Crippen LogP contribution in [0.4, 0.5) is 8.78 Å². The molecule has 0 aromatic carbocycles. The Morgan fingerprint density at radius 3 is 2.54 bits per heavy atom. The second-order valence-electron chi connectivity index (χ2n) is 2.21. The highest BCUT2D eigenvalue weighted by Crippen LogP contribution is 2.34. The Bertz CT molecular complexity index is 320. The standard InChI is InChI=1S/C7H4BrCl2F2N/c8-1-4-6(10)5(7(11)12)3(9)2-13-4/h2,7H,1H2. The molecular formula is C7H4BrCl2F2N. The van der Waals surface area contributed by atoms with E-state index in [1.54, 1.807) is 0 Å². The van der Waals surface area contributed by atoms with Gasteiger partial charge < -0.3 is 0 Å². The fourth-order valence-electron chi connectivity index (χ4n) is 0.814. The van der Waals surface area contributed by atoms with Crippen LogP contribution in [0.1, 0.15) is 17.7 Å². The molecule has 6 heteroatoms. The Morgan fingerprint density at radius 1 is 1.46 bits per heavy atom. The Balaban J connectivity index is 3.30. The molecule has 0 radical (unpaired) electrons. The summed E-state index contributed by atoms with van der Waals surface area (Å²) >= 11 is 14.2. The summed E-state index contributed by atoms with van der Waals surface area (Å²) in [5.74, 6) is 0. The van der Waals surface area contributed by atoms with Gasteiger partial charge in [-0.2, -0.15) is 0 Å². The Hall–Kier alpha value is 0.0700. The highest BCUT2D eigenvalue weighted by Gasteiger charge is 2.19. The van der Waals surface area contributed by atoms with E-state index in [0.29, 0.717) is 11.0 Å². The molecule has 0 saturated heterocycles. The normalized spacial score (nSPS) is 10.9. The van der Waals surface area contributed by atoms with Gasteiger partial charge in [-0.05, 0) is 0 Å². The number of halogens is 5. The molecule has 0 aliphatic rings. The van der Waals surface area contributed by atoms with Gasteiger partial charge in [0.05, 0.1) is 21.3 Å². The third-order valence-corrected chi connectivity index (χ3v) is 2.68. The summed E-state index contributed by atoms with van der Waals surface area (Å²) in [5, 5.41) is 0.145. The molecule has 1 aromatic heterocycles. The van der Waals surface area contributed by atoms with Crippen molar-refractivity contribution < 1.29 is 8.78 Å². The van der Waals surface area contributed by atoms with E-state index in [1.807, 2.05) is 0 Å². The van der Waals surface area contributed by atoms with Crippen molar-refractivity contribution in [2.75, 3.05) is 0 Å². The summed E-state index contributed by atoms with van der Waals surface area (Å²) in [6.07, 6.45) is -1.51. The lowest BCUT2D eigenvalue weighted by atomic mass is 10.2. The number of aromatic nitrogens is 1. The lowest BCUT2D eigenvalue weighted by Gasteiger charge is -2.07. The molecule has 0 aliphatic carbocycles. The summed E-state index contributed by atoms with van der Waals surface area (Å²) in [4.78, 5) is 3.80. The molecule has 13 heavy (non-hydrogen) atoms. The second kappa shape index (κ2) is 4.53. The predicted octanol–water partition coefficient (Wildman–Crippen LogP) is 4.22. The highest BCUT2D eigenvalue weighted by atomic mass is 79.9. The fraction of sp³-hybridized carbons (Fsp3) is 0.286. The van der Waals surface area contributed by atoms with Gasteiger partial charge in [-0.3, -0.25) is 4.98 Å². The van der Waals surface area contributed by atoms with E-state index in [1.165, 1.54) is 6.20 Å². The summed E-state index contributed by atoms with van der Waals surface area (Å²) in [6.45, 7) is 0. The average molecular weight is 291 g/mol. The quantitative estimate of drug-likeness (QED) is 0.743. The van der Waals surface area contributed by atoms with Crippen molar-refractivity contribution in [2.45, 2.75) is 11.8 Å². The van der Waals surface area contributed by atoms with E-state index in [2.05, 4.69) is 20.9 Å². The van der Waals surface area contributed by atoms with E-state index in [4.69, 9.17) is 23.2 Å². The zero-order valence-corrected chi connectivity index (χ0v) is 9.30. The lowest BCUT2D eigenvalue weighted by Crippen LogP contribution is -1.95. The van der Waals surface area contributed by atoms with Gasteiger partial charge in [-0.15, -0.1) is 0 Å². The maximum absolute atomic E-state index is 12.4. The molecule has 0 unspecified atom stereocenters. The van der Waals surface area contributed by atoms with Gasteiger partial charge in [0, 0.05) is 11.5 Å². The van der Waals surface area contributed by atoms with E-state index >= 15 is 0 Å². The van der Waals surface area contributed by atoms with E-state index in [9.17, 15) is 8.78 Å². The van der Waals surface area contributed by atoms with E-state index < -0.39 is 6.43 Å². The maximum Gasteiger partial charge on any atom is 0.266 e. The van der Waals surface area contributed by atoms with Crippen LogP contribution in [0.2, 0.25) is 10.0 Å². The summed E-state index contributed by atoms with van der Waals surface area (Å²) in [7, 11) is 0. The van der Waals surface area contributed by atoms with Crippen LogP contribution >= 0.6 is 39.1 Å². The number of pyridine rings is 1. The molecule has 0 aliphatic heterocycles. The molecule has 0 atom stereocenters. The monoisotopic (exact) mass is 289 g/mol. The van der Waals surface area contributed by atoms with Gasteiger partial charge in [0.15, 0.2) is 0 Å². The molecule has 72 valence electrons. The molecule has 0 saturated carbocycles. The third kappa shape index (κ3) is 2.30. The molecule has 1 rings (SSSR count). The van der Waals surface area contributed by atoms with Crippen molar-refractivity contribution in [1.29, 1.82) is 0 Å². The third-order valence-electron chi connectivity index (χ3n) is 1.43. The summed E-state index contributed by atoms with van der Waals surface area (Å²) < 4.78 is 24.8. The SMILES string of the molecule is FC(F)c1c(Cl)cnc(CBr)c1Cl. The van der Waals surface area contributed by atoms with Crippen molar-refractivity contribution >= 4 is 39.1 Å². The number of alkyl halides is 3. The van der Waals surface area contributed by atoms with Crippen LogP contribution in [0.3, 0.4) is 0 Å². The molecule has 1 heterocycles. The molecular weight excluding hydrogens is 287 g/mol. The largest absolute Gasteiger partial charge is 0.266 e. The van der Waals surface area contributed by atoms with Crippen molar-refractivity contribution in [2.24, 2.45) is 0 Å². The van der Waals surface area contributed by atoms with Crippen LogP contribution in [0.25, 0.3) is 0 Å². The van der Waals surface area contributed by atoms with Gasteiger partial charge in [-0.1, -0.05) is 39.1 Å². The average Bonchev–Trinajstić information content (AvgIpc) is 2.04. The van der Waals surface area contributed by atoms with Crippen molar-refractivity contribution in [3.63, 3.8) is 0 Å².